The number of nitrogens with one attached hydrogen (secondary N) is 1. The van der Waals surface area contributed by atoms with Crippen LogP contribution in [-0.4, -0.2) is 10.5 Å². The molecule has 0 spiro atoms. The van der Waals surface area contributed by atoms with E-state index in [4.69, 9.17) is 5.26 Å². The molecule has 0 fully saturated rings. The molecule has 0 aliphatic carbocycles. The third kappa shape index (κ3) is 3.36. The van der Waals surface area contributed by atoms with E-state index in [0.29, 0.717) is 11.1 Å². The SMILES string of the molecule is CC(NC(=O)c1cccc(C#N)c1)c1ccc(-n2cccc2)cc1. The average Bonchev–Trinajstić information content (AvgIpc) is 3.16. The Kier molecular flexibility index (Phi) is 4.44. The minimum atomic E-state index is -0.186. The third-order valence-corrected chi connectivity index (χ3v) is 3.90. The number of nitriles is 1. The third-order valence-electron chi connectivity index (χ3n) is 3.90. The lowest BCUT2D eigenvalue weighted by Gasteiger charge is -2.15. The van der Waals surface area contributed by atoms with Crippen LogP contribution in [0.5, 0.6) is 0 Å². The van der Waals surface area contributed by atoms with Gasteiger partial charge < -0.3 is 9.88 Å². The molecule has 4 nitrogen and oxygen atoms in total. The molecule has 0 aliphatic heterocycles. The van der Waals surface area contributed by atoms with Gasteiger partial charge in [-0.1, -0.05) is 18.2 Å². The van der Waals surface area contributed by atoms with Gasteiger partial charge in [0.05, 0.1) is 17.7 Å². The molecule has 3 aromatic rings. The minimum Gasteiger partial charge on any atom is -0.346 e. The van der Waals surface area contributed by atoms with Crippen molar-refractivity contribution in [2.24, 2.45) is 0 Å². The predicted molar refractivity (Wildman–Crippen MR) is 92.8 cm³/mol. The molecule has 0 saturated heterocycles. The molecule has 0 saturated carbocycles. The van der Waals surface area contributed by atoms with Gasteiger partial charge >= 0.3 is 0 Å². The number of benzene rings is 2. The molecule has 3 rings (SSSR count). The Bertz CT molecular complexity index is 874. The zero-order valence-corrected chi connectivity index (χ0v) is 13.3. The van der Waals surface area contributed by atoms with E-state index in [0.717, 1.165) is 11.3 Å². The number of amides is 1. The van der Waals surface area contributed by atoms with Crippen molar-refractivity contribution in [1.82, 2.24) is 9.88 Å². The van der Waals surface area contributed by atoms with E-state index < -0.39 is 0 Å². The summed E-state index contributed by atoms with van der Waals surface area (Å²) in [4.78, 5) is 12.3. The van der Waals surface area contributed by atoms with Crippen LogP contribution in [0.1, 0.15) is 34.5 Å². The van der Waals surface area contributed by atoms with Crippen molar-refractivity contribution >= 4 is 5.91 Å². The molecule has 24 heavy (non-hydrogen) atoms. The molecule has 4 heteroatoms. The first kappa shape index (κ1) is 15.6. The van der Waals surface area contributed by atoms with E-state index in [1.807, 2.05) is 66.4 Å². The number of nitrogens with zero attached hydrogens (tertiary/aromatic N) is 2. The number of carbonyl (C=O) groups excluding carboxylic acids is 1. The molecule has 118 valence electrons. The highest BCUT2D eigenvalue weighted by Crippen LogP contribution is 2.17. The second-order valence-electron chi connectivity index (χ2n) is 5.57. The smallest absolute Gasteiger partial charge is 0.251 e. The van der Waals surface area contributed by atoms with Gasteiger partial charge in [-0.2, -0.15) is 5.26 Å². The minimum absolute atomic E-state index is 0.123. The second-order valence-corrected chi connectivity index (χ2v) is 5.57. The van der Waals surface area contributed by atoms with Crippen LogP contribution in [0, 0.1) is 11.3 Å². The quantitative estimate of drug-likeness (QED) is 0.795. The Hall–Kier alpha value is -3.32. The van der Waals surface area contributed by atoms with Crippen LogP contribution >= 0.6 is 0 Å². The molecule has 1 heterocycles. The van der Waals surface area contributed by atoms with Gasteiger partial charge in [0, 0.05) is 23.6 Å². The fourth-order valence-corrected chi connectivity index (χ4v) is 2.54. The molecule has 0 aliphatic rings. The summed E-state index contributed by atoms with van der Waals surface area (Å²) in [5.41, 5.74) is 3.07. The highest BCUT2D eigenvalue weighted by atomic mass is 16.1. The van der Waals surface area contributed by atoms with Crippen LogP contribution in [0.25, 0.3) is 5.69 Å². The first-order valence-corrected chi connectivity index (χ1v) is 7.72. The number of aromatic nitrogens is 1. The number of carbonyl (C=O) groups is 1. The summed E-state index contributed by atoms with van der Waals surface area (Å²) in [6.45, 7) is 1.94. The van der Waals surface area contributed by atoms with E-state index in [2.05, 4.69) is 5.32 Å². The maximum atomic E-state index is 12.3. The summed E-state index contributed by atoms with van der Waals surface area (Å²) >= 11 is 0. The Morgan fingerprint density at radius 3 is 2.46 bits per heavy atom. The lowest BCUT2D eigenvalue weighted by Crippen LogP contribution is -2.26. The monoisotopic (exact) mass is 315 g/mol. The maximum absolute atomic E-state index is 12.3. The maximum Gasteiger partial charge on any atom is 0.251 e. The summed E-state index contributed by atoms with van der Waals surface area (Å²) in [6, 6.07) is 20.6. The molecule has 1 amide bonds. The molecular weight excluding hydrogens is 298 g/mol. The Morgan fingerprint density at radius 1 is 1.08 bits per heavy atom. The van der Waals surface area contributed by atoms with E-state index >= 15 is 0 Å². The van der Waals surface area contributed by atoms with Crippen LogP contribution in [0.3, 0.4) is 0 Å². The number of hydrogen-bond donors (Lipinski definition) is 1. The van der Waals surface area contributed by atoms with Gasteiger partial charge in [-0.25, -0.2) is 0 Å². The molecule has 1 N–H and O–H groups in total. The van der Waals surface area contributed by atoms with Crippen molar-refractivity contribution in [3.63, 3.8) is 0 Å². The second kappa shape index (κ2) is 6.84. The molecule has 0 bridgehead atoms. The Balaban J connectivity index is 1.71. The van der Waals surface area contributed by atoms with Crippen molar-refractivity contribution in [3.05, 3.63) is 89.7 Å². The van der Waals surface area contributed by atoms with E-state index in [1.54, 1.807) is 24.3 Å². The van der Waals surface area contributed by atoms with E-state index in [9.17, 15) is 4.79 Å². The van der Waals surface area contributed by atoms with Crippen molar-refractivity contribution in [2.75, 3.05) is 0 Å². The van der Waals surface area contributed by atoms with Crippen LogP contribution in [0.15, 0.2) is 73.1 Å². The molecule has 2 aromatic carbocycles. The fraction of sp³-hybridized carbons (Fsp3) is 0.100. The van der Waals surface area contributed by atoms with Crippen LogP contribution in [0.2, 0.25) is 0 Å². The van der Waals surface area contributed by atoms with Gasteiger partial charge in [0.25, 0.3) is 5.91 Å². The molecule has 0 radical (unpaired) electrons. The van der Waals surface area contributed by atoms with E-state index in [1.165, 1.54) is 0 Å². The lowest BCUT2D eigenvalue weighted by molar-refractivity contribution is 0.0940. The molecular formula is C20H17N3O. The first-order chi connectivity index (χ1) is 11.7. The summed E-state index contributed by atoms with van der Waals surface area (Å²) in [5, 5.41) is 11.9. The first-order valence-electron chi connectivity index (χ1n) is 7.72. The fourth-order valence-electron chi connectivity index (χ4n) is 2.54. The summed E-state index contributed by atoms with van der Waals surface area (Å²) in [6.07, 6.45) is 3.98. The summed E-state index contributed by atoms with van der Waals surface area (Å²) < 4.78 is 2.03. The lowest BCUT2D eigenvalue weighted by atomic mass is 10.1. The summed E-state index contributed by atoms with van der Waals surface area (Å²) in [7, 11) is 0. The largest absolute Gasteiger partial charge is 0.346 e. The number of hydrogen-bond acceptors (Lipinski definition) is 2. The van der Waals surface area contributed by atoms with Gasteiger partial charge in [-0.05, 0) is 55.0 Å². The van der Waals surface area contributed by atoms with Crippen molar-refractivity contribution in [3.8, 4) is 11.8 Å². The highest BCUT2D eigenvalue weighted by Gasteiger charge is 2.12. The van der Waals surface area contributed by atoms with Crippen LogP contribution in [-0.2, 0) is 0 Å². The zero-order chi connectivity index (χ0) is 16.9. The normalized spacial score (nSPS) is 11.5. The standard InChI is InChI=1S/C20H17N3O/c1-15(22-20(24)18-6-4-5-16(13-18)14-21)17-7-9-19(10-8-17)23-11-2-3-12-23/h2-13,15H,1H3,(H,22,24). The predicted octanol–water partition coefficient (Wildman–Crippen LogP) is 3.84. The zero-order valence-electron chi connectivity index (χ0n) is 13.3. The van der Waals surface area contributed by atoms with Crippen molar-refractivity contribution < 1.29 is 4.79 Å². The van der Waals surface area contributed by atoms with E-state index in [-0.39, 0.29) is 11.9 Å². The summed E-state index contributed by atoms with van der Waals surface area (Å²) in [5.74, 6) is -0.186. The average molecular weight is 315 g/mol. The molecule has 1 aromatic heterocycles. The van der Waals surface area contributed by atoms with Crippen molar-refractivity contribution in [2.45, 2.75) is 13.0 Å². The van der Waals surface area contributed by atoms with Gasteiger partial charge in [0.2, 0.25) is 0 Å². The molecule has 1 atom stereocenters. The van der Waals surface area contributed by atoms with Gasteiger partial charge in [0.1, 0.15) is 0 Å². The van der Waals surface area contributed by atoms with Crippen molar-refractivity contribution in [1.29, 1.82) is 5.26 Å². The molecule has 1 unspecified atom stereocenters. The van der Waals surface area contributed by atoms with Gasteiger partial charge in [-0.3, -0.25) is 4.79 Å². The Morgan fingerprint density at radius 2 is 1.79 bits per heavy atom. The topological polar surface area (TPSA) is 57.8 Å². The van der Waals surface area contributed by atoms with Gasteiger partial charge in [0.15, 0.2) is 0 Å². The Labute approximate surface area is 141 Å². The number of rotatable bonds is 4. The van der Waals surface area contributed by atoms with Crippen LogP contribution in [0.4, 0.5) is 0 Å². The van der Waals surface area contributed by atoms with Crippen LogP contribution < -0.4 is 5.32 Å². The highest BCUT2D eigenvalue weighted by molar-refractivity contribution is 5.94. The van der Waals surface area contributed by atoms with Gasteiger partial charge in [-0.15, -0.1) is 0 Å².